The molecule has 0 unspecified atom stereocenters. The van der Waals surface area contributed by atoms with Crippen LogP contribution in [-0.4, -0.2) is 34.6 Å². The zero-order valence-electron chi connectivity index (χ0n) is 20.2. The van der Waals surface area contributed by atoms with Crippen molar-refractivity contribution < 1.29 is 19.7 Å². The average molecular weight is 436 g/mol. The molecule has 3 N–H and O–H groups in total. The summed E-state index contributed by atoms with van der Waals surface area (Å²) < 4.78 is 5.23. The van der Waals surface area contributed by atoms with Crippen LogP contribution in [0.25, 0.3) is 0 Å². The fourth-order valence-corrected chi connectivity index (χ4v) is 3.66. The summed E-state index contributed by atoms with van der Waals surface area (Å²) in [5, 5.41) is 22.9. The third-order valence-electron chi connectivity index (χ3n) is 5.39. The Balaban J connectivity index is 2.39. The highest BCUT2D eigenvalue weighted by Crippen LogP contribution is 2.20. The van der Waals surface area contributed by atoms with Gasteiger partial charge in [0, 0.05) is 0 Å². The average Bonchev–Trinajstić information content (AvgIpc) is 2.72. The van der Waals surface area contributed by atoms with E-state index in [0.29, 0.717) is 5.56 Å². The number of rotatable bonds is 15. The van der Waals surface area contributed by atoms with Crippen molar-refractivity contribution in [2.45, 2.75) is 116 Å². The van der Waals surface area contributed by atoms with Gasteiger partial charge in [0.25, 0.3) is 0 Å². The summed E-state index contributed by atoms with van der Waals surface area (Å²) in [6, 6.07) is 6.97. The lowest BCUT2D eigenvalue weighted by Gasteiger charge is -2.26. The monoisotopic (exact) mass is 435 g/mol. The number of hydrogen-bond acceptors (Lipinski definition) is 4. The number of aliphatic hydroxyl groups is 2. The zero-order valence-corrected chi connectivity index (χ0v) is 20.2. The van der Waals surface area contributed by atoms with E-state index < -0.39 is 23.8 Å². The van der Waals surface area contributed by atoms with E-state index in [0.717, 1.165) is 12.8 Å². The van der Waals surface area contributed by atoms with E-state index in [9.17, 15) is 15.0 Å². The Morgan fingerprint density at radius 3 is 2.13 bits per heavy atom. The van der Waals surface area contributed by atoms with Crippen LogP contribution >= 0.6 is 0 Å². The number of aliphatic hydroxyl groups excluding tert-OH is 2. The molecule has 178 valence electrons. The molecule has 0 radical (unpaired) electrons. The molecule has 1 aromatic carbocycles. The van der Waals surface area contributed by atoms with E-state index in [2.05, 4.69) is 18.3 Å². The topological polar surface area (TPSA) is 78.8 Å². The van der Waals surface area contributed by atoms with Gasteiger partial charge in [0.2, 0.25) is 0 Å². The second-order valence-corrected chi connectivity index (χ2v) is 9.56. The molecule has 0 bridgehead atoms. The van der Waals surface area contributed by atoms with Gasteiger partial charge < -0.3 is 20.3 Å². The fourth-order valence-electron chi connectivity index (χ4n) is 3.66. The summed E-state index contributed by atoms with van der Waals surface area (Å²) in [7, 11) is 0. The number of aryl methyl sites for hydroxylation is 1. The summed E-state index contributed by atoms with van der Waals surface area (Å²) in [5.41, 5.74) is 1.23. The second-order valence-electron chi connectivity index (χ2n) is 9.56. The van der Waals surface area contributed by atoms with Gasteiger partial charge in [-0.15, -0.1) is 0 Å². The largest absolute Gasteiger partial charge is 0.444 e. The summed E-state index contributed by atoms with van der Waals surface area (Å²) in [6.07, 6.45) is 12.4. The molecule has 0 spiro atoms. The first-order valence-electron chi connectivity index (χ1n) is 12.1. The number of unbranched alkanes of at least 4 members (excludes halogenated alkanes) is 9. The standard InChI is InChI=1S/C26H45NO4/c1-5-6-7-8-9-10-11-12-13-14-16-21-17-15-18-22(19-21)24(29)23(20-28)27-25(30)31-26(2,3)4/h15,17-19,23-24,28-29H,5-14,16,20H2,1-4H3,(H,27,30)/t23-,24+/m0/s1. The molecule has 5 heteroatoms. The lowest BCUT2D eigenvalue weighted by molar-refractivity contribution is 0.0349. The maximum atomic E-state index is 12.0. The van der Waals surface area contributed by atoms with Gasteiger partial charge >= 0.3 is 6.09 Å². The van der Waals surface area contributed by atoms with Crippen LogP contribution in [0.2, 0.25) is 0 Å². The summed E-state index contributed by atoms with van der Waals surface area (Å²) in [5.74, 6) is 0. The smallest absolute Gasteiger partial charge is 0.408 e. The van der Waals surface area contributed by atoms with Crippen molar-refractivity contribution in [1.29, 1.82) is 0 Å². The highest BCUT2D eigenvalue weighted by Gasteiger charge is 2.25. The molecular formula is C26H45NO4. The van der Waals surface area contributed by atoms with Gasteiger partial charge in [-0.3, -0.25) is 0 Å². The number of hydrogen-bond donors (Lipinski definition) is 3. The number of benzene rings is 1. The van der Waals surface area contributed by atoms with Crippen molar-refractivity contribution in [3.05, 3.63) is 35.4 Å². The molecule has 0 aliphatic carbocycles. The Hall–Kier alpha value is -1.59. The predicted molar refractivity (Wildman–Crippen MR) is 127 cm³/mol. The maximum absolute atomic E-state index is 12.0. The van der Waals surface area contributed by atoms with Crippen molar-refractivity contribution in [2.75, 3.05) is 6.61 Å². The Kier molecular flexibility index (Phi) is 13.5. The lowest BCUT2D eigenvalue weighted by Crippen LogP contribution is -2.44. The van der Waals surface area contributed by atoms with Crippen LogP contribution in [-0.2, 0) is 11.2 Å². The molecule has 0 saturated heterocycles. The molecule has 0 fully saturated rings. The van der Waals surface area contributed by atoms with Crippen molar-refractivity contribution in [3.8, 4) is 0 Å². The second kappa shape index (κ2) is 15.3. The first-order chi connectivity index (χ1) is 14.8. The highest BCUT2D eigenvalue weighted by atomic mass is 16.6. The van der Waals surface area contributed by atoms with Gasteiger partial charge in [-0.05, 0) is 44.7 Å². The van der Waals surface area contributed by atoms with E-state index >= 15 is 0 Å². The molecular weight excluding hydrogens is 390 g/mol. The highest BCUT2D eigenvalue weighted by molar-refractivity contribution is 5.68. The van der Waals surface area contributed by atoms with Crippen molar-refractivity contribution in [1.82, 2.24) is 5.32 Å². The van der Waals surface area contributed by atoms with Crippen LogP contribution in [0.15, 0.2) is 24.3 Å². The van der Waals surface area contributed by atoms with E-state index in [-0.39, 0.29) is 6.61 Å². The SMILES string of the molecule is CCCCCCCCCCCCc1cccc([C@@H](O)[C@H](CO)NC(=O)OC(C)(C)C)c1. The lowest BCUT2D eigenvalue weighted by atomic mass is 9.98. The van der Waals surface area contributed by atoms with E-state index in [1.807, 2.05) is 18.2 Å². The molecule has 1 rings (SSSR count). The number of alkyl carbamates (subject to hydrolysis) is 1. The first kappa shape index (κ1) is 27.4. The summed E-state index contributed by atoms with van der Waals surface area (Å²) in [6.45, 7) is 7.20. The Bertz CT molecular complexity index is 612. The van der Waals surface area contributed by atoms with E-state index in [4.69, 9.17) is 4.74 Å². The zero-order chi connectivity index (χ0) is 23.1. The molecule has 31 heavy (non-hydrogen) atoms. The van der Waals surface area contributed by atoms with Crippen molar-refractivity contribution >= 4 is 6.09 Å². The molecule has 5 nitrogen and oxygen atoms in total. The van der Waals surface area contributed by atoms with Gasteiger partial charge in [0.15, 0.2) is 0 Å². The van der Waals surface area contributed by atoms with Gasteiger partial charge in [-0.2, -0.15) is 0 Å². The molecule has 0 saturated carbocycles. The minimum atomic E-state index is -0.995. The number of carbonyl (C=O) groups excluding carboxylic acids is 1. The van der Waals surface area contributed by atoms with E-state index in [1.54, 1.807) is 20.8 Å². The minimum Gasteiger partial charge on any atom is -0.444 e. The van der Waals surface area contributed by atoms with Crippen LogP contribution in [0.3, 0.4) is 0 Å². The van der Waals surface area contributed by atoms with Crippen molar-refractivity contribution in [2.24, 2.45) is 0 Å². The number of ether oxygens (including phenoxy) is 1. The molecule has 0 aliphatic rings. The van der Waals surface area contributed by atoms with Crippen molar-refractivity contribution in [3.63, 3.8) is 0 Å². The quantitative estimate of drug-likeness (QED) is 0.292. The summed E-state index contributed by atoms with van der Waals surface area (Å²) >= 11 is 0. The van der Waals surface area contributed by atoms with E-state index in [1.165, 1.54) is 63.4 Å². The predicted octanol–water partition coefficient (Wildman–Crippen LogP) is 6.07. The molecule has 0 heterocycles. The van der Waals surface area contributed by atoms with Crippen LogP contribution in [0.1, 0.15) is 109 Å². The van der Waals surface area contributed by atoms with Gasteiger partial charge in [0.05, 0.1) is 12.6 Å². The summed E-state index contributed by atoms with van der Waals surface area (Å²) in [4.78, 5) is 12.0. The normalized spacial score (nSPS) is 13.6. The number of nitrogens with one attached hydrogen (secondary N) is 1. The number of amides is 1. The van der Waals surface area contributed by atoms with Crippen LogP contribution < -0.4 is 5.32 Å². The number of carbonyl (C=O) groups is 1. The Morgan fingerprint density at radius 2 is 1.58 bits per heavy atom. The molecule has 2 atom stereocenters. The third kappa shape index (κ3) is 12.8. The van der Waals surface area contributed by atoms with Crippen LogP contribution in [0.5, 0.6) is 0 Å². The van der Waals surface area contributed by atoms with Gasteiger partial charge in [0.1, 0.15) is 11.7 Å². The maximum Gasteiger partial charge on any atom is 0.408 e. The first-order valence-corrected chi connectivity index (χ1v) is 12.1. The Morgan fingerprint density at radius 1 is 1.00 bits per heavy atom. The molecule has 0 aromatic heterocycles. The molecule has 1 amide bonds. The van der Waals surface area contributed by atoms with Gasteiger partial charge in [-0.1, -0.05) is 89.0 Å². The van der Waals surface area contributed by atoms with Crippen LogP contribution in [0, 0.1) is 0 Å². The fraction of sp³-hybridized carbons (Fsp3) is 0.731. The molecule has 0 aliphatic heterocycles. The minimum absolute atomic E-state index is 0.372. The molecule has 1 aromatic rings. The van der Waals surface area contributed by atoms with Crippen LogP contribution in [0.4, 0.5) is 4.79 Å². The third-order valence-corrected chi connectivity index (χ3v) is 5.39. The van der Waals surface area contributed by atoms with Gasteiger partial charge in [-0.25, -0.2) is 4.79 Å². The Labute approximate surface area is 189 Å².